The highest BCUT2D eigenvalue weighted by molar-refractivity contribution is 6.18. The number of methoxy groups -OCH3 is 2. The molecule has 3 aromatic rings. The van der Waals surface area contributed by atoms with Crippen LogP contribution in [-0.4, -0.2) is 26.0 Å². The molecule has 0 heterocycles. The average molecular weight is 350 g/mol. The number of rotatable bonds is 5. The lowest BCUT2D eigenvalue weighted by Crippen LogP contribution is -2.10. The number of carbonyl (C=O) groups is 2. The van der Waals surface area contributed by atoms with Crippen LogP contribution < -0.4 is 14.2 Å². The molecule has 3 rings (SSSR count). The van der Waals surface area contributed by atoms with Crippen LogP contribution in [0.25, 0.3) is 10.8 Å². The first kappa shape index (κ1) is 17.5. The number of ketones is 1. The molecule has 0 bridgehead atoms. The Morgan fingerprint density at radius 3 is 2.12 bits per heavy atom. The molecular formula is C21H18O5. The Kier molecular flexibility index (Phi) is 4.89. The molecular weight excluding hydrogens is 332 g/mol. The molecule has 0 amide bonds. The monoisotopic (exact) mass is 350 g/mol. The molecule has 0 aliphatic carbocycles. The Balaban J connectivity index is 2.20. The van der Waals surface area contributed by atoms with Gasteiger partial charge in [-0.25, -0.2) is 0 Å². The van der Waals surface area contributed by atoms with Crippen molar-refractivity contribution in [3.63, 3.8) is 0 Å². The summed E-state index contributed by atoms with van der Waals surface area (Å²) >= 11 is 0. The van der Waals surface area contributed by atoms with Gasteiger partial charge in [0.05, 0.1) is 19.8 Å². The van der Waals surface area contributed by atoms with Crippen LogP contribution in [0.3, 0.4) is 0 Å². The first-order chi connectivity index (χ1) is 12.5. The normalized spacial score (nSPS) is 10.4. The van der Waals surface area contributed by atoms with E-state index < -0.39 is 5.97 Å². The maximum Gasteiger partial charge on any atom is 0.308 e. The first-order valence-electron chi connectivity index (χ1n) is 8.02. The minimum atomic E-state index is -0.524. The molecule has 0 aliphatic rings. The molecule has 0 N–H and O–H groups in total. The van der Waals surface area contributed by atoms with E-state index in [1.165, 1.54) is 33.3 Å². The fourth-order valence-corrected chi connectivity index (χ4v) is 2.85. The number of esters is 1. The topological polar surface area (TPSA) is 61.8 Å². The summed E-state index contributed by atoms with van der Waals surface area (Å²) < 4.78 is 15.8. The molecule has 0 saturated carbocycles. The second-order valence-electron chi connectivity index (χ2n) is 5.65. The van der Waals surface area contributed by atoms with E-state index >= 15 is 0 Å². The SMILES string of the molecule is COc1cc(OC(C)=O)c(C(=O)c2cccc3ccccc23)cc1OC. The second kappa shape index (κ2) is 7.27. The van der Waals surface area contributed by atoms with E-state index in [9.17, 15) is 9.59 Å². The Morgan fingerprint density at radius 2 is 1.42 bits per heavy atom. The zero-order valence-corrected chi connectivity index (χ0v) is 14.7. The van der Waals surface area contributed by atoms with E-state index in [0.717, 1.165) is 10.8 Å². The summed E-state index contributed by atoms with van der Waals surface area (Å²) in [6, 6.07) is 16.1. The Labute approximate surface area is 151 Å². The molecule has 0 unspecified atom stereocenters. The average Bonchev–Trinajstić information content (AvgIpc) is 2.66. The van der Waals surface area contributed by atoms with Gasteiger partial charge in [0.15, 0.2) is 17.3 Å². The van der Waals surface area contributed by atoms with E-state index in [1.807, 2.05) is 36.4 Å². The van der Waals surface area contributed by atoms with Crippen LogP contribution in [0.4, 0.5) is 0 Å². The Hall–Kier alpha value is -3.34. The third-order valence-corrected chi connectivity index (χ3v) is 4.02. The van der Waals surface area contributed by atoms with Gasteiger partial charge in [0.2, 0.25) is 0 Å². The van der Waals surface area contributed by atoms with Crippen molar-refractivity contribution in [3.8, 4) is 17.2 Å². The molecule has 0 fully saturated rings. The van der Waals surface area contributed by atoms with Crippen molar-refractivity contribution in [2.45, 2.75) is 6.92 Å². The van der Waals surface area contributed by atoms with Crippen LogP contribution in [0.1, 0.15) is 22.8 Å². The third-order valence-electron chi connectivity index (χ3n) is 4.02. The van der Waals surface area contributed by atoms with Crippen LogP contribution in [0.5, 0.6) is 17.2 Å². The molecule has 3 aromatic carbocycles. The maximum atomic E-state index is 13.2. The largest absolute Gasteiger partial charge is 0.493 e. The van der Waals surface area contributed by atoms with Crippen LogP contribution in [-0.2, 0) is 4.79 Å². The number of hydrogen-bond acceptors (Lipinski definition) is 5. The van der Waals surface area contributed by atoms with Gasteiger partial charge in [0.1, 0.15) is 5.75 Å². The summed E-state index contributed by atoms with van der Waals surface area (Å²) in [7, 11) is 2.96. The zero-order valence-electron chi connectivity index (χ0n) is 14.7. The number of carbonyl (C=O) groups excluding carboxylic acids is 2. The van der Waals surface area contributed by atoms with Gasteiger partial charge in [-0.15, -0.1) is 0 Å². The molecule has 0 atom stereocenters. The lowest BCUT2D eigenvalue weighted by Gasteiger charge is -2.14. The fraction of sp³-hybridized carbons (Fsp3) is 0.143. The molecule has 0 spiro atoms. The first-order valence-corrected chi connectivity index (χ1v) is 8.02. The van der Waals surface area contributed by atoms with Crippen molar-refractivity contribution in [1.29, 1.82) is 0 Å². The van der Waals surface area contributed by atoms with Crippen molar-refractivity contribution < 1.29 is 23.8 Å². The molecule has 132 valence electrons. The minimum Gasteiger partial charge on any atom is -0.493 e. The summed E-state index contributed by atoms with van der Waals surface area (Å²) in [6.07, 6.45) is 0. The Bertz CT molecular complexity index is 986. The molecule has 0 radical (unpaired) electrons. The summed E-state index contributed by atoms with van der Waals surface area (Å²) in [5.74, 6) is 0.0986. The quantitative estimate of drug-likeness (QED) is 0.395. The smallest absolute Gasteiger partial charge is 0.308 e. The third kappa shape index (κ3) is 3.24. The highest BCUT2D eigenvalue weighted by Crippen LogP contribution is 2.36. The van der Waals surface area contributed by atoms with Crippen molar-refractivity contribution >= 4 is 22.5 Å². The summed E-state index contributed by atoms with van der Waals surface area (Å²) in [4.78, 5) is 24.7. The van der Waals surface area contributed by atoms with E-state index in [4.69, 9.17) is 14.2 Å². The van der Waals surface area contributed by atoms with Gasteiger partial charge in [0.25, 0.3) is 0 Å². The predicted octanol–water partition coefficient (Wildman–Crippen LogP) is 4.01. The van der Waals surface area contributed by atoms with Crippen molar-refractivity contribution in [2.24, 2.45) is 0 Å². The predicted molar refractivity (Wildman–Crippen MR) is 98.2 cm³/mol. The van der Waals surface area contributed by atoms with Crippen molar-refractivity contribution in [3.05, 3.63) is 65.7 Å². The summed E-state index contributed by atoms with van der Waals surface area (Å²) in [5.41, 5.74) is 0.748. The lowest BCUT2D eigenvalue weighted by atomic mass is 9.96. The molecule has 0 aliphatic heterocycles. The van der Waals surface area contributed by atoms with Crippen molar-refractivity contribution in [2.75, 3.05) is 14.2 Å². The van der Waals surface area contributed by atoms with Crippen LogP contribution in [0.2, 0.25) is 0 Å². The number of benzene rings is 3. The standard InChI is InChI=1S/C21H18O5/c1-13(22)26-18-12-20(25-3)19(24-2)11-17(18)21(23)16-10-6-8-14-7-4-5-9-15(14)16/h4-12H,1-3H3. The maximum absolute atomic E-state index is 13.2. The van der Waals surface area contributed by atoms with Crippen LogP contribution >= 0.6 is 0 Å². The number of hydrogen-bond donors (Lipinski definition) is 0. The number of fused-ring (bicyclic) bond motifs is 1. The minimum absolute atomic E-state index is 0.132. The lowest BCUT2D eigenvalue weighted by molar-refractivity contribution is -0.131. The van der Waals surface area contributed by atoms with Gasteiger partial charge in [-0.2, -0.15) is 0 Å². The zero-order chi connectivity index (χ0) is 18.7. The van der Waals surface area contributed by atoms with E-state index in [2.05, 4.69) is 0 Å². The number of ether oxygens (including phenoxy) is 3. The van der Waals surface area contributed by atoms with Gasteiger partial charge in [0, 0.05) is 18.6 Å². The van der Waals surface area contributed by atoms with Gasteiger partial charge < -0.3 is 14.2 Å². The second-order valence-corrected chi connectivity index (χ2v) is 5.65. The van der Waals surface area contributed by atoms with E-state index in [-0.39, 0.29) is 17.1 Å². The van der Waals surface area contributed by atoms with E-state index in [1.54, 1.807) is 6.07 Å². The van der Waals surface area contributed by atoms with E-state index in [0.29, 0.717) is 17.1 Å². The molecule has 5 nitrogen and oxygen atoms in total. The highest BCUT2D eigenvalue weighted by atomic mass is 16.5. The fourth-order valence-electron chi connectivity index (χ4n) is 2.85. The van der Waals surface area contributed by atoms with Gasteiger partial charge >= 0.3 is 5.97 Å². The van der Waals surface area contributed by atoms with Crippen LogP contribution in [0.15, 0.2) is 54.6 Å². The van der Waals surface area contributed by atoms with Crippen LogP contribution in [0, 0.1) is 0 Å². The Morgan fingerprint density at radius 1 is 0.769 bits per heavy atom. The molecule has 26 heavy (non-hydrogen) atoms. The van der Waals surface area contributed by atoms with Gasteiger partial charge in [-0.1, -0.05) is 42.5 Å². The van der Waals surface area contributed by atoms with Gasteiger partial charge in [-0.3, -0.25) is 9.59 Å². The van der Waals surface area contributed by atoms with Crippen molar-refractivity contribution in [1.82, 2.24) is 0 Å². The summed E-state index contributed by atoms with van der Waals surface area (Å²) in [6.45, 7) is 1.28. The highest BCUT2D eigenvalue weighted by Gasteiger charge is 2.21. The van der Waals surface area contributed by atoms with Gasteiger partial charge in [-0.05, 0) is 16.8 Å². The molecule has 5 heteroatoms. The molecule has 0 aromatic heterocycles. The molecule has 0 saturated heterocycles. The summed E-state index contributed by atoms with van der Waals surface area (Å²) in [5, 5.41) is 1.77.